The first-order valence-corrected chi connectivity index (χ1v) is 10.9. The van der Waals surface area contributed by atoms with Crippen LogP contribution in [0.4, 0.5) is 10.1 Å². The zero-order valence-electron chi connectivity index (χ0n) is 17.4. The Balaban J connectivity index is 1.45. The van der Waals surface area contributed by atoms with Gasteiger partial charge in [0.1, 0.15) is 11.9 Å². The number of rotatable bonds is 5. The van der Waals surface area contributed by atoms with E-state index in [1.807, 2.05) is 48.5 Å². The van der Waals surface area contributed by atoms with Crippen molar-refractivity contribution in [2.24, 2.45) is 0 Å². The van der Waals surface area contributed by atoms with Crippen LogP contribution in [-0.2, 0) is 0 Å². The van der Waals surface area contributed by atoms with Crippen molar-refractivity contribution in [3.63, 3.8) is 0 Å². The smallest absolute Gasteiger partial charge is 0.247 e. The molecule has 0 radical (unpaired) electrons. The predicted octanol–water partition coefficient (Wildman–Crippen LogP) is 5.44. The summed E-state index contributed by atoms with van der Waals surface area (Å²) in [5.74, 6) is 0.527. The Morgan fingerprint density at radius 3 is 2.22 bits per heavy atom. The highest BCUT2D eigenvalue weighted by atomic mass is 35.5. The molecule has 0 saturated carbocycles. The number of para-hydroxylation sites is 1. The maximum Gasteiger partial charge on any atom is 0.247 e. The second-order valence-corrected chi connectivity index (χ2v) is 8.15. The molecule has 0 N–H and O–H groups in total. The van der Waals surface area contributed by atoms with E-state index >= 15 is 0 Å². The number of nitrogens with zero attached hydrogens (tertiary/aromatic N) is 4. The molecule has 4 aromatic rings. The highest BCUT2D eigenvalue weighted by Crippen LogP contribution is 2.35. The van der Waals surface area contributed by atoms with E-state index in [-0.39, 0.29) is 11.9 Å². The van der Waals surface area contributed by atoms with E-state index in [0.717, 1.165) is 37.3 Å². The van der Waals surface area contributed by atoms with E-state index in [1.165, 1.54) is 17.8 Å². The monoisotopic (exact) mass is 448 g/mol. The summed E-state index contributed by atoms with van der Waals surface area (Å²) in [6, 6.07) is 24.1. The highest BCUT2D eigenvalue weighted by molar-refractivity contribution is 6.31. The first kappa shape index (κ1) is 20.7. The molecule has 1 saturated heterocycles. The fourth-order valence-corrected chi connectivity index (χ4v) is 4.40. The quantitative estimate of drug-likeness (QED) is 0.406. The lowest BCUT2D eigenvalue weighted by Crippen LogP contribution is -2.48. The summed E-state index contributed by atoms with van der Waals surface area (Å²) in [4.78, 5) is 4.61. The van der Waals surface area contributed by atoms with Gasteiger partial charge in [-0.1, -0.05) is 54.1 Å². The van der Waals surface area contributed by atoms with E-state index in [4.69, 9.17) is 16.0 Å². The molecule has 1 aliphatic heterocycles. The molecule has 1 fully saturated rings. The fraction of sp³-hybridized carbons (Fsp3) is 0.200. The van der Waals surface area contributed by atoms with Gasteiger partial charge in [-0.15, -0.1) is 10.2 Å². The van der Waals surface area contributed by atoms with E-state index in [1.54, 1.807) is 6.07 Å². The van der Waals surface area contributed by atoms with Crippen LogP contribution in [0.1, 0.15) is 17.5 Å². The van der Waals surface area contributed by atoms with E-state index in [2.05, 4.69) is 32.1 Å². The number of anilines is 1. The molecule has 7 heteroatoms. The first-order chi connectivity index (χ1) is 15.7. The highest BCUT2D eigenvalue weighted by Gasteiger charge is 2.32. The summed E-state index contributed by atoms with van der Waals surface area (Å²) in [5.41, 5.74) is 2.81. The van der Waals surface area contributed by atoms with Crippen molar-refractivity contribution in [3.8, 4) is 11.5 Å². The number of benzene rings is 3. The third kappa shape index (κ3) is 4.24. The average Bonchev–Trinajstić information content (AvgIpc) is 3.32. The minimum absolute atomic E-state index is 0.347. The number of piperazine rings is 1. The van der Waals surface area contributed by atoms with Crippen molar-refractivity contribution in [2.45, 2.75) is 6.04 Å². The Bertz CT molecular complexity index is 1180. The van der Waals surface area contributed by atoms with Gasteiger partial charge in [0.05, 0.1) is 0 Å². The van der Waals surface area contributed by atoms with Gasteiger partial charge in [0.2, 0.25) is 11.8 Å². The lowest BCUT2D eigenvalue weighted by atomic mass is 10.0. The Morgan fingerprint density at radius 1 is 0.844 bits per heavy atom. The van der Waals surface area contributed by atoms with Gasteiger partial charge in [-0.2, -0.15) is 0 Å². The molecular weight excluding hydrogens is 427 g/mol. The number of halogens is 2. The molecule has 1 aromatic heterocycles. The first-order valence-electron chi connectivity index (χ1n) is 10.6. The summed E-state index contributed by atoms with van der Waals surface area (Å²) in [6.07, 6.45) is 0. The molecule has 0 spiro atoms. The number of hydrogen-bond donors (Lipinski definition) is 0. The summed E-state index contributed by atoms with van der Waals surface area (Å²) in [6.45, 7) is 3.24. The van der Waals surface area contributed by atoms with Gasteiger partial charge in [-0.25, -0.2) is 4.39 Å². The van der Waals surface area contributed by atoms with Crippen molar-refractivity contribution in [1.82, 2.24) is 15.1 Å². The fourth-order valence-electron chi connectivity index (χ4n) is 4.13. The topological polar surface area (TPSA) is 45.4 Å². The van der Waals surface area contributed by atoms with Crippen molar-refractivity contribution < 1.29 is 8.81 Å². The van der Waals surface area contributed by atoms with Gasteiger partial charge in [0.15, 0.2) is 0 Å². The Morgan fingerprint density at radius 2 is 1.53 bits per heavy atom. The summed E-state index contributed by atoms with van der Waals surface area (Å²) < 4.78 is 19.9. The Hall–Kier alpha value is -3.22. The van der Waals surface area contributed by atoms with Gasteiger partial charge in [0, 0.05) is 42.5 Å². The van der Waals surface area contributed by atoms with Crippen molar-refractivity contribution in [2.75, 3.05) is 31.1 Å². The van der Waals surface area contributed by atoms with E-state index < -0.39 is 0 Å². The molecule has 0 bridgehead atoms. The van der Waals surface area contributed by atoms with Gasteiger partial charge in [-0.3, -0.25) is 4.90 Å². The standard InChI is InChI=1S/C25H22ClFN4O/c26-22-17-19(27)11-12-21(22)23(25-29-28-24(32-25)18-7-3-1-4-8-18)31-15-13-30(14-16-31)20-9-5-2-6-10-20/h1-12,17,23H,13-16H2/t23-/m0/s1. The van der Waals surface area contributed by atoms with Gasteiger partial charge in [-0.05, 0) is 42.0 Å². The summed E-state index contributed by atoms with van der Waals surface area (Å²) in [7, 11) is 0. The largest absolute Gasteiger partial charge is 0.419 e. The van der Waals surface area contributed by atoms with Gasteiger partial charge >= 0.3 is 0 Å². The maximum absolute atomic E-state index is 13.8. The summed E-state index contributed by atoms with van der Waals surface area (Å²) in [5, 5.41) is 8.97. The van der Waals surface area contributed by atoms with Crippen LogP contribution in [0, 0.1) is 5.82 Å². The van der Waals surface area contributed by atoms with Crippen LogP contribution in [0.25, 0.3) is 11.5 Å². The Kier molecular flexibility index (Phi) is 5.88. The lowest BCUT2D eigenvalue weighted by Gasteiger charge is -2.39. The van der Waals surface area contributed by atoms with Crippen molar-refractivity contribution in [3.05, 3.63) is 101 Å². The van der Waals surface area contributed by atoms with E-state index in [9.17, 15) is 4.39 Å². The molecule has 2 heterocycles. The van der Waals surface area contributed by atoms with Crippen molar-refractivity contribution >= 4 is 17.3 Å². The molecule has 1 atom stereocenters. The van der Waals surface area contributed by atoms with Crippen LogP contribution in [0.5, 0.6) is 0 Å². The number of aromatic nitrogens is 2. The second-order valence-electron chi connectivity index (χ2n) is 7.74. The van der Waals surface area contributed by atoms with Crippen molar-refractivity contribution in [1.29, 1.82) is 0 Å². The summed E-state index contributed by atoms with van der Waals surface area (Å²) >= 11 is 6.47. The molecule has 1 aliphatic rings. The molecule has 0 amide bonds. The molecule has 162 valence electrons. The van der Waals surface area contributed by atoms with Crippen LogP contribution in [0.15, 0.2) is 83.3 Å². The molecular formula is C25H22ClFN4O. The SMILES string of the molecule is Fc1ccc([C@@H](c2nnc(-c3ccccc3)o2)N2CCN(c3ccccc3)CC2)c(Cl)c1. The zero-order valence-corrected chi connectivity index (χ0v) is 18.1. The van der Waals surface area contributed by atoms with Gasteiger partial charge in [0.25, 0.3) is 0 Å². The molecule has 5 rings (SSSR count). The van der Waals surface area contributed by atoms with Crippen LogP contribution in [0.3, 0.4) is 0 Å². The molecule has 3 aromatic carbocycles. The molecule has 32 heavy (non-hydrogen) atoms. The molecule has 5 nitrogen and oxygen atoms in total. The molecule has 0 unspecified atom stereocenters. The predicted molar refractivity (Wildman–Crippen MR) is 123 cm³/mol. The van der Waals surface area contributed by atoms with Crippen LogP contribution < -0.4 is 4.90 Å². The minimum Gasteiger partial charge on any atom is -0.419 e. The Labute approximate surface area is 191 Å². The normalized spacial score (nSPS) is 15.6. The second kappa shape index (κ2) is 9.10. The van der Waals surface area contributed by atoms with Crippen LogP contribution in [0.2, 0.25) is 5.02 Å². The third-order valence-corrected chi connectivity index (χ3v) is 6.08. The maximum atomic E-state index is 13.8. The third-order valence-electron chi connectivity index (χ3n) is 5.75. The number of hydrogen-bond acceptors (Lipinski definition) is 5. The van der Waals surface area contributed by atoms with Crippen LogP contribution in [-0.4, -0.2) is 41.3 Å². The van der Waals surface area contributed by atoms with Crippen LogP contribution >= 0.6 is 11.6 Å². The zero-order chi connectivity index (χ0) is 21.9. The lowest BCUT2D eigenvalue weighted by molar-refractivity contribution is 0.188. The minimum atomic E-state index is -0.373. The van der Waals surface area contributed by atoms with E-state index in [0.29, 0.717) is 16.8 Å². The average molecular weight is 449 g/mol. The van der Waals surface area contributed by atoms with Gasteiger partial charge < -0.3 is 9.32 Å². The molecule has 0 aliphatic carbocycles.